The number of alkyl halides is 5. The van der Waals surface area contributed by atoms with E-state index in [9.17, 15) is 31.5 Å². The third-order valence-corrected chi connectivity index (χ3v) is 5.40. The molecule has 3 N–H and O–H groups in total. The van der Waals surface area contributed by atoms with Gasteiger partial charge < -0.3 is 20.7 Å². The number of amides is 3. The zero-order chi connectivity index (χ0) is 26.2. The Hall–Kier alpha value is -1.98. The fourth-order valence-electron chi connectivity index (χ4n) is 3.07. The molecule has 0 spiro atoms. The van der Waals surface area contributed by atoms with Crippen LogP contribution in [0.1, 0.15) is 60.8 Å². The second kappa shape index (κ2) is 12.5. The first-order valence-corrected chi connectivity index (χ1v) is 10.7. The summed E-state index contributed by atoms with van der Waals surface area (Å²) in [7, 11) is 0. The van der Waals surface area contributed by atoms with Crippen molar-refractivity contribution in [3.63, 3.8) is 0 Å². The Kier molecular flexibility index (Phi) is 11.7. The minimum absolute atomic E-state index is 0.0704. The van der Waals surface area contributed by atoms with Crippen LogP contribution in [0.25, 0.3) is 0 Å². The molecule has 2 aliphatic rings. The van der Waals surface area contributed by atoms with Crippen LogP contribution < -0.4 is 11.1 Å². The highest BCUT2D eigenvalue weighted by Gasteiger charge is 2.47. The van der Waals surface area contributed by atoms with Crippen molar-refractivity contribution >= 4 is 18.2 Å². The summed E-state index contributed by atoms with van der Waals surface area (Å²) >= 11 is 0. The number of nitrogens with two attached hydrogens (primary N) is 1. The minimum atomic E-state index is -4.86. The fourth-order valence-corrected chi connectivity index (χ4v) is 3.07. The molecular formula is C21H36F5N3O4. The molecule has 1 saturated carbocycles. The van der Waals surface area contributed by atoms with Gasteiger partial charge in [0.1, 0.15) is 0 Å². The van der Waals surface area contributed by atoms with E-state index < -0.39 is 18.0 Å². The molecule has 0 aromatic heterocycles. The number of nitrogens with zero attached hydrogens (tertiary/aromatic N) is 1. The molecule has 33 heavy (non-hydrogen) atoms. The number of hydrogen-bond donors (Lipinski definition) is 2. The highest BCUT2D eigenvalue weighted by molar-refractivity contribution is 5.79. The minimum Gasteiger partial charge on any atom is -0.374 e. The lowest BCUT2D eigenvalue weighted by atomic mass is 9.84. The van der Waals surface area contributed by atoms with E-state index in [2.05, 4.69) is 31.8 Å². The van der Waals surface area contributed by atoms with Crippen molar-refractivity contribution in [3.8, 4) is 0 Å². The van der Waals surface area contributed by atoms with Gasteiger partial charge in [0.15, 0.2) is 0 Å². The molecule has 0 aromatic carbocycles. The highest BCUT2D eigenvalue weighted by atomic mass is 19.4. The van der Waals surface area contributed by atoms with E-state index >= 15 is 0 Å². The number of carbonyl (C=O) groups excluding carboxylic acids is 3. The molecule has 1 aliphatic heterocycles. The molecule has 1 aliphatic carbocycles. The summed E-state index contributed by atoms with van der Waals surface area (Å²) < 4.78 is 63.1. The maximum Gasteiger partial charge on any atom is 0.470 e. The van der Waals surface area contributed by atoms with Crippen LogP contribution in [0.3, 0.4) is 0 Å². The third-order valence-electron chi connectivity index (χ3n) is 5.40. The Labute approximate surface area is 191 Å². The molecule has 2 fully saturated rings. The number of nitrogens with one attached hydrogen (secondary N) is 1. The first kappa shape index (κ1) is 31.0. The number of likely N-dealkylation sites (tertiary alicyclic amines) is 1. The van der Waals surface area contributed by atoms with Crippen LogP contribution in [-0.4, -0.2) is 66.6 Å². The summed E-state index contributed by atoms with van der Waals surface area (Å²) in [6, 6.07) is 0.280. The predicted octanol–water partition coefficient (Wildman–Crippen LogP) is 3.26. The number of ether oxygens (including phenoxy) is 1. The fraction of sp³-hybridized carbons (Fsp3) is 0.857. The standard InChI is InChI=1S/C15H25F2NO2.C4H9NO.C2H2F3NO/c1-10-8-18(9-14(10,3)4)13(19)5-11(2)20-12-6-15(16,17)7-12;1-4(2)5-3-6;3-2(4,5)1(6)7/h10-12H,5-9H2,1-4H3;3-4H,1-2H3,(H,5,6);(H2,6,7)/t10?,11-;;/m1../s1. The van der Waals surface area contributed by atoms with Gasteiger partial charge in [0.05, 0.1) is 18.6 Å². The van der Waals surface area contributed by atoms with Crippen LogP contribution in [-0.2, 0) is 19.1 Å². The average Bonchev–Trinajstić information content (AvgIpc) is 2.86. The van der Waals surface area contributed by atoms with Crippen molar-refractivity contribution in [2.45, 2.75) is 91.2 Å². The predicted molar refractivity (Wildman–Crippen MR) is 112 cm³/mol. The van der Waals surface area contributed by atoms with Gasteiger partial charge in [-0.25, -0.2) is 8.78 Å². The maximum absolute atomic E-state index is 12.7. The van der Waals surface area contributed by atoms with Crippen molar-refractivity contribution in [2.75, 3.05) is 13.1 Å². The van der Waals surface area contributed by atoms with Gasteiger partial charge in [0, 0.05) is 32.0 Å². The lowest BCUT2D eigenvalue weighted by molar-refractivity contribution is -0.181. The van der Waals surface area contributed by atoms with Crippen LogP contribution in [0.4, 0.5) is 22.0 Å². The van der Waals surface area contributed by atoms with Gasteiger partial charge in [-0.1, -0.05) is 20.8 Å². The third kappa shape index (κ3) is 12.2. The zero-order valence-corrected chi connectivity index (χ0v) is 20.0. The molecule has 1 heterocycles. The number of carbonyl (C=O) groups is 3. The highest BCUT2D eigenvalue weighted by Crippen LogP contribution is 2.40. The van der Waals surface area contributed by atoms with E-state index in [1.54, 1.807) is 6.92 Å². The normalized spacial score (nSPS) is 22.2. The summed E-state index contributed by atoms with van der Waals surface area (Å²) in [6.45, 7) is 13.6. The first-order valence-electron chi connectivity index (χ1n) is 10.7. The van der Waals surface area contributed by atoms with Crippen LogP contribution in [0.5, 0.6) is 0 Å². The molecule has 2 rings (SSSR count). The monoisotopic (exact) mass is 489 g/mol. The number of rotatable bonds is 6. The molecule has 0 bridgehead atoms. The van der Waals surface area contributed by atoms with Crippen molar-refractivity contribution in [2.24, 2.45) is 17.1 Å². The quantitative estimate of drug-likeness (QED) is 0.442. The zero-order valence-electron chi connectivity index (χ0n) is 20.0. The molecular weight excluding hydrogens is 453 g/mol. The second-order valence-electron chi connectivity index (χ2n) is 9.50. The lowest BCUT2D eigenvalue weighted by Crippen LogP contribution is -2.43. The van der Waals surface area contributed by atoms with Crippen molar-refractivity contribution in [1.82, 2.24) is 10.2 Å². The number of hydrogen-bond acceptors (Lipinski definition) is 4. The van der Waals surface area contributed by atoms with Crippen molar-refractivity contribution in [1.29, 1.82) is 0 Å². The average molecular weight is 490 g/mol. The van der Waals surface area contributed by atoms with Crippen LogP contribution in [0.15, 0.2) is 0 Å². The molecule has 0 aromatic rings. The van der Waals surface area contributed by atoms with Gasteiger partial charge in [0.25, 0.3) is 5.92 Å². The Morgan fingerprint density at radius 2 is 1.70 bits per heavy atom. The Balaban J connectivity index is 0.000000650. The topological polar surface area (TPSA) is 102 Å². The lowest BCUT2D eigenvalue weighted by Gasteiger charge is -2.36. The SMILES string of the molecule is CC(C)NC=O.CC1CN(C(=O)C[C@@H](C)OC2CC(F)(F)C2)CC1(C)C.NC(=O)C(F)(F)F. The Bertz CT molecular complexity index is 648. The van der Waals surface area contributed by atoms with E-state index in [0.717, 1.165) is 13.1 Å². The molecule has 2 atom stereocenters. The van der Waals surface area contributed by atoms with Gasteiger partial charge in [-0.3, -0.25) is 14.4 Å². The maximum atomic E-state index is 12.7. The smallest absolute Gasteiger partial charge is 0.374 e. The molecule has 7 nitrogen and oxygen atoms in total. The molecule has 3 amide bonds. The Morgan fingerprint density at radius 3 is 1.97 bits per heavy atom. The molecule has 1 saturated heterocycles. The summed E-state index contributed by atoms with van der Waals surface area (Å²) in [5.41, 5.74) is 3.95. The van der Waals surface area contributed by atoms with E-state index in [4.69, 9.17) is 9.53 Å². The Morgan fingerprint density at radius 1 is 1.21 bits per heavy atom. The van der Waals surface area contributed by atoms with Gasteiger partial charge in [-0.15, -0.1) is 0 Å². The molecule has 194 valence electrons. The van der Waals surface area contributed by atoms with Gasteiger partial charge in [-0.05, 0) is 32.1 Å². The van der Waals surface area contributed by atoms with E-state index in [1.807, 2.05) is 18.7 Å². The van der Waals surface area contributed by atoms with E-state index in [0.29, 0.717) is 12.3 Å². The number of halogens is 5. The number of primary amides is 1. The first-order chi connectivity index (χ1) is 14.8. The largest absolute Gasteiger partial charge is 0.470 e. The van der Waals surface area contributed by atoms with Crippen molar-refractivity contribution in [3.05, 3.63) is 0 Å². The van der Waals surface area contributed by atoms with Crippen LogP contribution in [0.2, 0.25) is 0 Å². The van der Waals surface area contributed by atoms with Crippen molar-refractivity contribution < 1.29 is 41.1 Å². The molecule has 0 radical (unpaired) electrons. The second-order valence-corrected chi connectivity index (χ2v) is 9.50. The summed E-state index contributed by atoms with van der Waals surface area (Å²) in [4.78, 5) is 32.7. The van der Waals surface area contributed by atoms with Gasteiger partial charge in [-0.2, -0.15) is 13.2 Å². The van der Waals surface area contributed by atoms with Crippen LogP contribution >= 0.6 is 0 Å². The molecule has 1 unspecified atom stereocenters. The summed E-state index contributed by atoms with van der Waals surface area (Å²) in [5, 5.41) is 2.53. The summed E-state index contributed by atoms with van der Waals surface area (Å²) in [6.07, 6.45) is -4.97. The van der Waals surface area contributed by atoms with Crippen LogP contribution in [0, 0.1) is 11.3 Å². The van der Waals surface area contributed by atoms with Gasteiger partial charge in [0.2, 0.25) is 12.3 Å². The van der Waals surface area contributed by atoms with E-state index in [1.165, 1.54) is 0 Å². The van der Waals surface area contributed by atoms with Gasteiger partial charge >= 0.3 is 12.1 Å². The molecule has 12 heteroatoms. The van der Waals surface area contributed by atoms with E-state index in [-0.39, 0.29) is 48.8 Å². The summed E-state index contributed by atoms with van der Waals surface area (Å²) in [5.74, 6) is -4.27.